The van der Waals surface area contributed by atoms with Crippen LogP contribution in [0, 0.1) is 5.82 Å². The summed E-state index contributed by atoms with van der Waals surface area (Å²) in [5.74, 6) is 1.35. The zero-order valence-corrected chi connectivity index (χ0v) is 12.6. The standard InChI is InChI=1S/C15H13BrFNS/c16-13-6-5-11(17)7-14(13)18-8-10-9-19-15-4-2-1-3-12(10)15/h1-7,10,18H,8-9H2. The van der Waals surface area contributed by atoms with Gasteiger partial charge in [0.1, 0.15) is 5.82 Å². The van der Waals surface area contributed by atoms with Gasteiger partial charge in [-0.25, -0.2) is 4.39 Å². The minimum atomic E-state index is -0.216. The Morgan fingerprint density at radius 3 is 3.00 bits per heavy atom. The molecule has 19 heavy (non-hydrogen) atoms. The van der Waals surface area contributed by atoms with Crippen molar-refractivity contribution in [3.8, 4) is 0 Å². The molecule has 0 radical (unpaired) electrons. The maximum Gasteiger partial charge on any atom is 0.125 e. The molecule has 1 nitrogen and oxygen atoms in total. The van der Waals surface area contributed by atoms with Crippen LogP contribution in [0.25, 0.3) is 0 Å². The molecule has 1 aliphatic rings. The molecule has 1 atom stereocenters. The quantitative estimate of drug-likeness (QED) is 0.855. The number of halogens is 2. The Labute approximate surface area is 124 Å². The van der Waals surface area contributed by atoms with Crippen LogP contribution in [0.3, 0.4) is 0 Å². The maximum atomic E-state index is 13.2. The van der Waals surface area contributed by atoms with E-state index in [1.165, 1.54) is 22.6 Å². The summed E-state index contributed by atoms with van der Waals surface area (Å²) in [6.07, 6.45) is 0. The number of nitrogens with one attached hydrogen (secondary N) is 1. The Hall–Kier alpha value is -1.00. The van der Waals surface area contributed by atoms with E-state index >= 15 is 0 Å². The topological polar surface area (TPSA) is 12.0 Å². The monoisotopic (exact) mass is 337 g/mol. The molecular weight excluding hydrogens is 325 g/mol. The summed E-state index contributed by atoms with van der Waals surface area (Å²) in [4.78, 5) is 1.37. The Kier molecular flexibility index (Phi) is 3.80. The van der Waals surface area contributed by atoms with Crippen LogP contribution in [-0.4, -0.2) is 12.3 Å². The van der Waals surface area contributed by atoms with Crippen LogP contribution in [0.1, 0.15) is 11.5 Å². The fourth-order valence-electron chi connectivity index (χ4n) is 2.26. The molecule has 0 aromatic heterocycles. The highest BCUT2D eigenvalue weighted by atomic mass is 79.9. The molecular formula is C15H13BrFNS. The normalized spacial score (nSPS) is 17.3. The van der Waals surface area contributed by atoms with E-state index in [2.05, 4.69) is 45.5 Å². The molecule has 0 amide bonds. The minimum Gasteiger partial charge on any atom is -0.383 e. The fraction of sp³-hybridized carbons (Fsp3) is 0.200. The molecule has 2 aromatic rings. The first-order chi connectivity index (χ1) is 9.24. The summed E-state index contributed by atoms with van der Waals surface area (Å²) in [5, 5.41) is 3.34. The number of anilines is 1. The van der Waals surface area contributed by atoms with E-state index in [4.69, 9.17) is 0 Å². The molecule has 98 valence electrons. The van der Waals surface area contributed by atoms with Gasteiger partial charge in [0.05, 0.1) is 5.69 Å². The largest absolute Gasteiger partial charge is 0.383 e. The summed E-state index contributed by atoms with van der Waals surface area (Å²) in [6, 6.07) is 13.2. The van der Waals surface area contributed by atoms with E-state index in [0.29, 0.717) is 5.92 Å². The lowest BCUT2D eigenvalue weighted by atomic mass is 10.0. The van der Waals surface area contributed by atoms with Crippen molar-refractivity contribution < 1.29 is 4.39 Å². The zero-order chi connectivity index (χ0) is 13.2. The third-order valence-corrected chi connectivity index (χ3v) is 5.21. The van der Waals surface area contributed by atoms with Crippen molar-refractivity contribution >= 4 is 33.4 Å². The molecule has 0 spiro atoms. The van der Waals surface area contributed by atoms with Crippen molar-refractivity contribution in [3.63, 3.8) is 0 Å². The van der Waals surface area contributed by atoms with Crippen molar-refractivity contribution in [2.24, 2.45) is 0 Å². The van der Waals surface area contributed by atoms with Gasteiger partial charge in [0, 0.05) is 27.6 Å². The van der Waals surface area contributed by atoms with Crippen LogP contribution in [-0.2, 0) is 0 Å². The van der Waals surface area contributed by atoms with Gasteiger partial charge in [0.25, 0.3) is 0 Å². The Bertz CT molecular complexity index is 602. The molecule has 2 aromatic carbocycles. The van der Waals surface area contributed by atoms with Gasteiger partial charge >= 0.3 is 0 Å². The number of thioether (sulfide) groups is 1. The first-order valence-corrected chi connectivity index (χ1v) is 7.92. The van der Waals surface area contributed by atoms with E-state index in [-0.39, 0.29) is 5.82 Å². The summed E-state index contributed by atoms with van der Waals surface area (Å²) in [6.45, 7) is 0.825. The number of hydrogen-bond donors (Lipinski definition) is 1. The van der Waals surface area contributed by atoms with E-state index in [0.717, 1.165) is 22.5 Å². The van der Waals surface area contributed by atoms with Gasteiger partial charge in [-0.3, -0.25) is 0 Å². The highest BCUT2D eigenvalue weighted by Crippen LogP contribution is 2.39. The van der Waals surface area contributed by atoms with E-state index < -0.39 is 0 Å². The first kappa shape index (κ1) is 13.0. The van der Waals surface area contributed by atoms with Crippen molar-refractivity contribution in [1.29, 1.82) is 0 Å². The second-order valence-corrected chi connectivity index (χ2v) is 6.47. The molecule has 4 heteroatoms. The highest BCUT2D eigenvalue weighted by molar-refractivity contribution is 9.10. The number of benzene rings is 2. The van der Waals surface area contributed by atoms with Gasteiger partial charge < -0.3 is 5.32 Å². The third kappa shape index (κ3) is 2.79. The first-order valence-electron chi connectivity index (χ1n) is 6.14. The average Bonchev–Trinajstić information content (AvgIpc) is 2.83. The molecule has 1 heterocycles. The molecule has 0 saturated heterocycles. The van der Waals surface area contributed by atoms with Crippen molar-refractivity contribution in [3.05, 3.63) is 58.3 Å². The third-order valence-electron chi connectivity index (χ3n) is 3.27. The summed E-state index contributed by atoms with van der Waals surface area (Å²) >= 11 is 5.33. The molecule has 1 aliphatic heterocycles. The molecule has 0 saturated carbocycles. The number of hydrogen-bond acceptors (Lipinski definition) is 2. The Balaban J connectivity index is 1.72. The molecule has 0 fully saturated rings. The average molecular weight is 338 g/mol. The number of fused-ring (bicyclic) bond motifs is 1. The van der Waals surface area contributed by atoms with Crippen molar-refractivity contribution in [1.82, 2.24) is 0 Å². The van der Waals surface area contributed by atoms with Crippen LogP contribution in [0.5, 0.6) is 0 Å². The second kappa shape index (κ2) is 5.55. The zero-order valence-electron chi connectivity index (χ0n) is 10.2. The van der Waals surface area contributed by atoms with E-state index in [1.54, 1.807) is 6.07 Å². The fourth-order valence-corrected chi connectivity index (χ4v) is 3.91. The molecule has 3 rings (SSSR count). The van der Waals surface area contributed by atoms with Gasteiger partial charge in [0.2, 0.25) is 0 Å². The van der Waals surface area contributed by atoms with E-state index in [1.807, 2.05) is 11.8 Å². The lowest BCUT2D eigenvalue weighted by Gasteiger charge is -2.14. The van der Waals surface area contributed by atoms with E-state index in [9.17, 15) is 4.39 Å². The van der Waals surface area contributed by atoms with Crippen LogP contribution in [0.2, 0.25) is 0 Å². The molecule has 0 aliphatic carbocycles. The summed E-state index contributed by atoms with van der Waals surface area (Å²) in [5.41, 5.74) is 2.21. The smallest absolute Gasteiger partial charge is 0.125 e. The lowest BCUT2D eigenvalue weighted by Crippen LogP contribution is -2.12. The van der Waals surface area contributed by atoms with Crippen molar-refractivity contribution in [2.45, 2.75) is 10.8 Å². The number of rotatable bonds is 3. The van der Waals surface area contributed by atoms with Crippen LogP contribution in [0.15, 0.2) is 51.8 Å². The SMILES string of the molecule is Fc1ccc(Br)c(NCC2CSc3ccccc32)c1. The highest BCUT2D eigenvalue weighted by Gasteiger charge is 2.22. The minimum absolute atomic E-state index is 0.216. The van der Waals surface area contributed by atoms with Gasteiger partial charge in [-0.1, -0.05) is 18.2 Å². The maximum absolute atomic E-state index is 13.2. The summed E-state index contributed by atoms with van der Waals surface area (Å²) in [7, 11) is 0. The summed E-state index contributed by atoms with van der Waals surface area (Å²) < 4.78 is 14.1. The predicted molar refractivity (Wildman–Crippen MR) is 82.5 cm³/mol. The molecule has 1 unspecified atom stereocenters. The second-order valence-electron chi connectivity index (χ2n) is 4.55. The van der Waals surface area contributed by atoms with Crippen molar-refractivity contribution in [2.75, 3.05) is 17.6 Å². The van der Waals surface area contributed by atoms with Gasteiger partial charge in [-0.05, 0) is 45.8 Å². The predicted octanol–water partition coefficient (Wildman–Crippen LogP) is 4.89. The Morgan fingerprint density at radius 1 is 1.26 bits per heavy atom. The van der Waals surface area contributed by atoms with Crippen LogP contribution in [0.4, 0.5) is 10.1 Å². The molecule has 1 N–H and O–H groups in total. The molecule has 0 bridgehead atoms. The Morgan fingerprint density at radius 2 is 2.11 bits per heavy atom. The van der Waals surface area contributed by atoms with Crippen LogP contribution >= 0.6 is 27.7 Å². The van der Waals surface area contributed by atoms with Gasteiger partial charge in [-0.2, -0.15) is 0 Å². The van der Waals surface area contributed by atoms with Gasteiger partial charge in [-0.15, -0.1) is 11.8 Å². The van der Waals surface area contributed by atoms with Gasteiger partial charge in [0.15, 0.2) is 0 Å². The van der Waals surface area contributed by atoms with Crippen LogP contribution < -0.4 is 5.32 Å². The lowest BCUT2D eigenvalue weighted by molar-refractivity contribution is 0.627.